The van der Waals surface area contributed by atoms with Gasteiger partial charge in [-0.15, -0.1) is 0 Å². The van der Waals surface area contributed by atoms with E-state index in [0.29, 0.717) is 18.3 Å². The molecule has 17 heavy (non-hydrogen) atoms. The maximum absolute atomic E-state index is 11.9. The van der Waals surface area contributed by atoms with E-state index in [1.54, 1.807) is 0 Å². The highest BCUT2D eigenvalue weighted by Crippen LogP contribution is 2.39. The number of carboxylic acids is 1. The zero-order valence-corrected chi connectivity index (χ0v) is 10.5. The summed E-state index contributed by atoms with van der Waals surface area (Å²) in [5.74, 6) is -0.472. The molecule has 2 N–H and O–H groups in total. The quantitative estimate of drug-likeness (QED) is 0.787. The molecule has 0 aromatic heterocycles. The van der Waals surface area contributed by atoms with Crippen molar-refractivity contribution >= 4 is 11.9 Å². The summed E-state index contributed by atoms with van der Waals surface area (Å²) in [6, 6.07) is 0.237. The lowest BCUT2D eigenvalue weighted by Crippen LogP contribution is -2.44. The van der Waals surface area contributed by atoms with Crippen molar-refractivity contribution in [1.82, 2.24) is 5.32 Å². The summed E-state index contributed by atoms with van der Waals surface area (Å²) in [7, 11) is 0. The van der Waals surface area contributed by atoms with Crippen LogP contribution >= 0.6 is 0 Å². The molecular formula is C13H21NO3. The number of rotatable bonds is 3. The van der Waals surface area contributed by atoms with Crippen LogP contribution in [-0.2, 0) is 9.59 Å². The fourth-order valence-electron chi connectivity index (χ4n) is 2.83. The third-order valence-electron chi connectivity index (χ3n) is 4.48. The van der Waals surface area contributed by atoms with Crippen molar-refractivity contribution in [2.45, 2.75) is 45.6 Å². The fourth-order valence-corrected chi connectivity index (χ4v) is 2.83. The number of amides is 1. The van der Waals surface area contributed by atoms with Crippen LogP contribution in [0, 0.1) is 23.7 Å². The molecule has 0 aliphatic heterocycles. The Morgan fingerprint density at radius 2 is 1.88 bits per heavy atom. The third-order valence-corrected chi connectivity index (χ3v) is 4.48. The van der Waals surface area contributed by atoms with Crippen molar-refractivity contribution < 1.29 is 14.7 Å². The summed E-state index contributed by atoms with van der Waals surface area (Å²) >= 11 is 0. The van der Waals surface area contributed by atoms with Gasteiger partial charge < -0.3 is 10.4 Å². The Balaban J connectivity index is 1.85. The first-order chi connectivity index (χ1) is 8.00. The van der Waals surface area contributed by atoms with Gasteiger partial charge >= 0.3 is 5.97 Å². The fraction of sp³-hybridized carbons (Fsp3) is 0.846. The second-order valence-corrected chi connectivity index (χ2v) is 5.67. The van der Waals surface area contributed by atoms with Gasteiger partial charge in [0.2, 0.25) is 5.91 Å². The van der Waals surface area contributed by atoms with E-state index in [1.165, 1.54) is 6.42 Å². The third kappa shape index (κ3) is 2.61. The number of aliphatic carboxylic acids is 1. The largest absolute Gasteiger partial charge is 0.481 e. The van der Waals surface area contributed by atoms with Crippen LogP contribution in [0.3, 0.4) is 0 Å². The molecule has 2 rings (SSSR count). The molecule has 96 valence electrons. The lowest BCUT2D eigenvalue weighted by molar-refractivity contribution is -0.140. The van der Waals surface area contributed by atoms with Crippen molar-refractivity contribution in [3.8, 4) is 0 Å². The minimum absolute atomic E-state index is 0.0525. The van der Waals surface area contributed by atoms with Crippen LogP contribution < -0.4 is 5.32 Å². The predicted octanol–water partition coefficient (Wildman–Crippen LogP) is 1.65. The van der Waals surface area contributed by atoms with Gasteiger partial charge in [0.25, 0.3) is 0 Å². The van der Waals surface area contributed by atoms with Crippen molar-refractivity contribution in [3.63, 3.8) is 0 Å². The summed E-state index contributed by atoms with van der Waals surface area (Å²) in [6.45, 7) is 4.40. The van der Waals surface area contributed by atoms with Gasteiger partial charge in [0, 0.05) is 6.04 Å². The second-order valence-electron chi connectivity index (χ2n) is 5.67. The topological polar surface area (TPSA) is 66.4 Å². The van der Waals surface area contributed by atoms with Crippen LogP contribution in [0.25, 0.3) is 0 Å². The Kier molecular flexibility index (Phi) is 3.40. The van der Waals surface area contributed by atoms with Gasteiger partial charge in [-0.3, -0.25) is 9.59 Å². The van der Waals surface area contributed by atoms with E-state index >= 15 is 0 Å². The van der Waals surface area contributed by atoms with E-state index in [9.17, 15) is 9.59 Å². The number of nitrogens with one attached hydrogen (secondary N) is 1. The van der Waals surface area contributed by atoms with Crippen molar-refractivity contribution in [1.29, 1.82) is 0 Å². The van der Waals surface area contributed by atoms with E-state index in [2.05, 4.69) is 19.2 Å². The SMILES string of the molecule is CC1CCCC(NC(=O)C2CC2C(=O)O)C1C. The molecule has 0 radical (unpaired) electrons. The molecule has 0 heterocycles. The predicted molar refractivity (Wildman–Crippen MR) is 63.3 cm³/mol. The molecule has 4 heteroatoms. The zero-order chi connectivity index (χ0) is 12.6. The van der Waals surface area contributed by atoms with E-state index in [-0.39, 0.29) is 17.9 Å². The molecule has 5 atom stereocenters. The van der Waals surface area contributed by atoms with Crippen LogP contribution in [0.1, 0.15) is 39.5 Å². The Morgan fingerprint density at radius 1 is 1.18 bits per heavy atom. The van der Waals surface area contributed by atoms with E-state index in [0.717, 1.165) is 12.8 Å². The van der Waals surface area contributed by atoms with Crippen LogP contribution in [0.15, 0.2) is 0 Å². The molecule has 2 fully saturated rings. The highest BCUT2D eigenvalue weighted by molar-refractivity contribution is 5.89. The van der Waals surface area contributed by atoms with Crippen molar-refractivity contribution in [2.75, 3.05) is 0 Å². The average Bonchev–Trinajstić information content (AvgIpc) is 3.04. The van der Waals surface area contributed by atoms with Crippen LogP contribution in [0.2, 0.25) is 0 Å². The molecule has 5 unspecified atom stereocenters. The summed E-state index contributed by atoms with van der Waals surface area (Å²) in [6.07, 6.45) is 3.93. The van der Waals surface area contributed by atoms with Crippen LogP contribution in [0.5, 0.6) is 0 Å². The lowest BCUT2D eigenvalue weighted by Gasteiger charge is -2.34. The van der Waals surface area contributed by atoms with Gasteiger partial charge in [-0.1, -0.05) is 26.7 Å². The first kappa shape index (κ1) is 12.4. The maximum atomic E-state index is 11.9. The summed E-state index contributed by atoms with van der Waals surface area (Å²) in [5, 5.41) is 11.8. The zero-order valence-electron chi connectivity index (χ0n) is 10.5. The van der Waals surface area contributed by atoms with Gasteiger partial charge in [0.05, 0.1) is 11.8 Å². The second kappa shape index (κ2) is 4.67. The molecule has 0 saturated heterocycles. The molecule has 1 amide bonds. The normalized spacial score (nSPS) is 40.7. The number of hydrogen-bond acceptors (Lipinski definition) is 2. The summed E-state index contributed by atoms with van der Waals surface area (Å²) in [4.78, 5) is 22.6. The van der Waals surface area contributed by atoms with Gasteiger partial charge in [-0.2, -0.15) is 0 Å². The Bertz CT molecular complexity index is 329. The first-order valence-corrected chi connectivity index (χ1v) is 6.54. The molecule has 0 bridgehead atoms. The number of carbonyl (C=O) groups is 2. The molecule has 2 aliphatic rings. The molecule has 2 saturated carbocycles. The molecule has 0 spiro atoms. The van der Waals surface area contributed by atoms with Gasteiger partial charge in [-0.05, 0) is 24.7 Å². The lowest BCUT2D eigenvalue weighted by atomic mass is 9.78. The Morgan fingerprint density at radius 3 is 2.47 bits per heavy atom. The highest BCUT2D eigenvalue weighted by Gasteiger charge is 2.49. The molecule has 0 aromatic carbocycles. The van der Waals surface area contributed by atoms with E-state index < -0.39 is 11.9 Å². The number of carbonyl (C=O) groups excluding carboxylic acids is 1. The van der Waals surface area contributed by atoms with E-state index in [4.69, 9.17) is 5.11 Å². The summed E-state index contributed by atoms with van der Waals surface area (Å²) in [5.41, 5.74) is 0. The first-order valence-electron chi connectivity index (χ1n) is 6.54. The summed E-state index contributed by atoms with van der Waals surface area (Å²) < 4.78 is 0. The van der Waals surface area contributed by atoms with Gasteiger partial charge in [0.15, 0.2) is 0 Å². The molecule has 4 nitrogen and oxygen atoms in total. The minimum atomic E-state index is -0.838. The van der Waals surface area contributed by atoms with Crippen molar-refractivity contribution in [3.05, 3.63) is 0 Å². The Labute approximate surface area is 102 Å². The molecular weight excluding hydrogens is 218 g/mol. The maximum Gasteiger partial charge on any atom is 0.307 e. The number of carboxylic acid groups (broad SMARTS) is 1. The van der Waals surface area contributed by atoms with E-state index in [1.807, 2.05) is 0 Å². The van der Waals surface area contributed by atoms with Crippen molar-refractivity contribution in [2.24, 2.45) is 23.7 Å². The number of hydrogen-bond donors (Lipinski definition) is 2. The monoisotopic (exact) mass is 239 g/mol. The standard InChI is InChI=1S/C13H21NO3/c1-7-4-3-5-11(8(7)2)14-12(15)9-6-10(9)13(16)17/h7-11H,3-6H2,1-2H3,(H,14,15)(H,16,17). The van der Waals surface area contributed by atoms with Gasteiger partial charge in [-0.25, -0.2) is 0 Å². The minimum Gasteiger partial charge on any atom is -0.481 e. The Hall–Kier alpha value is -1.06. The average molecular weight is 239 g/mol. The molecule has 0 aromatic rings. The van der Waals surface area contributed by atoms with Gasteiger partial charge in [0.1, 0.15) is 0 Å². The van der Waals surface area contributed by atoms with Crippen LogP contribution in [-0.4, -0.2) is 23.0 Å². The molecule has 2 aliphatic carbocycles. The van der Waals surface area contributed by atoms with Crippen LogP contribution in [0.4, 0.5) is 0 Å². The smallest absolute Gasteiger partial charge is 0.307 e. The highest BCUT2D eigenvalue weighted by atomic mass is 16.4.